The summed E-state index contributed by atoms with van der Waals surface area (Å²) in [7, 11) is -2.39. The Kier molecular flexibility index (Phi) is 6.26. The van der Waals surface area contributed by atoms with Gasteiger partial charge < -0.3 is 9.84 Å². The normalized spacial score (nSPS) is 13.2. The number of benzene rings is 1. The molecule has 2 N–H and O–H groups in total. The van der Waals surface area contributed by atoms with E-state index >= 15 is 0 Å². The molecule has 0 amide bonds. The van der Waals surface area contributed by atoms with E-state index in [1.54, 1.807) is 6.92 Å². The number of rotatable bonds is 7. The molecule has 20 heavy (non-hydrogen) atoms. The lowest BCUT2D eigenvalue weighted by molar-refractivity contribution is 0.272. The molecule has 0 aromatic heterocycles. The van der Waals surface area contributed by atoms with E-state index in [2.05, 4.69) is 4.72 Å². The number of sulfonamides is 1. The van der Waals surface area contributed by atoms with Crippen LogP contribution in [0.5, 0.6) is 5.75 Å². The Bertz CT molecular complexity index is 560. The molecule has 5 nitrogen and oxygen atoms in total. The number of ether oxygens (including phenoxy) is 1. The van der Waals surface area contributed by atoms with Crippen molar-refractivity contribution in [2.45, 2.75) is 44.2 Å². The second-order valence-electron chi connectivity index (χ2n) is 4.57. The first-order valence-corrected chi connectivity index (χ1v) is 8.21. The molecule has 0 aliphatic heterocycles. The fourth-order valence-electron chi connectivity index (χ4n) is 1.99. The van der Waals surface area contributed by atoms with Gasteiger partial charge in [-0.1, -0.05) is 24.9 Å². The number of methoxy groups -OCH3 is 1. The maximum atomic E-state index is 12.4. The van der Waals surface area contributed by atoms with Crippen molar-refractivity contribution in [2.75, 3.05) is 7.11 Å². The summed E-state index contributed by atoms with van der Waals surface area (Å²) in [5, 5.41) is 9.51. The Morgan fingerprint density at radius 1 is 1.45 bits per heavy atom. The fraction of sp³-hybridized carbons (Fsp3) is 0.538. The van der Waals surface area contributed by atoms with Crippen LogP contribution in [-0.2, 0) is 16.6 Å². The number of nitrogens with one attached hydrogen (secondary N) is 1. The van der Waals surface area contributed by atoms with Crippen LogP contribution in [0.25, 0.3) is 0 Å². The van der Waals surface area contributed by atoms with Gasteiger partial charge in [0.1, 0.15) is 10.6 Å². The second kappa shape index (κ2) is 7.26. The van der Waals surface area contributed by atoms with E-state index in [9.17, 15) is 13.5 Å². The van der Waals surface area contributed by atoms with Crippen molar-refractivity contribution in [3.05, 3.63) is 22.7 Å². The zero-order chi connectivity index (χ0) is 15.3. The van der Waals surface area contributed by atoms with E-state index in [4.69, 9.17) is 16.3 Å². The van der Waals surface area contributed by atoms with Crippen molar-refractivity contribution in [1.29, 1.82) is 0 Å². The maximum Gasteiger partial charge on any atom is 0.244 e. The number of halogens is 1. The van der Waals surface area contributed by atoms with Crippen molar-refractivity contribution in [3.63, 3.8) is 0 Å². The molecule has 1 aromatic carbocycles. The van der Waals surface area contributed by atoms with Gasteiger partial charge in [0.15, 0.2) is 0 Å². The van der Waals surface area contributed by atoms with Gasteiger partial charge in [-0.25, -0.2) is 13.1 Å². The number of hydrogen-bond donors (Lipinski definition) is 2. The van der Waals surface area contributed by atoms with Crippen LogP contribution in [-0.4, -0.2) is 26.7 Å². The minimum atomic E-state index is -3.75. The van der Waals surface area contributed by atoms with E-state index in [0.29, 0.717) is 5.56 Å². The smallest absolute Gasteiger partial charge is 0.244 e. The molecule has 0 saturated carbocycles. The molecule has 0 radical (unpaired) electrons. The fourth-order valence-corrected chi connectivity index (χ4v) is 3.81. The predicted molar refractivity (Wildman–Crippen MR) is 78.6 cm³/mol. The molecule has 1 atom stereocenters. The van der Waals surface area contributed by atoms with Crippen molar-refractivity contribution in [2.24, 2.45) is 0 Å². The Balaban J connectivity index is 3.26. The van der Waals surface area contributed by atoms with Crippen LogP contribution in [0.15, 0.2) is 17.0 Å². The first kappa shape index (κ1) is 17.2. The van der Waals surface area contributed by atoms with Gasteiger partial charge in [0.25, 0.3) is 0 Å². The molecule has 1 rings (SSSR count). The molecule has 0 spiro atoms. The molecular formula is C13H20ClNO4S. The molecule has 0 fully saturated rings. The van der Waals surface area contributed by atoms with Gasteiger partial charge in [0.05, 0.1) is 13.7 Å². The summed E-state index contributed by atoms with van der Waals surface area (Å²) < 4.78 is 32.5. The molecule has 0 aliphatic rings. The second-order valence-corrected chi connectivity index (χ2v) is 6.68. The molecule has 0 bridgehead atoms. The third-order valence-corrected chi connectivity index (χ3v) is 4.65. The molecule has 114 valence electrons. The number of aliphatic hydroxyl groups is 1. The van der Waals surface area contributed by atoms with Crippen molar-refractivity contribution >= 4 is 21.6 Å². The van der Waals surface area contributed by atoms with Crippen molar-refractivity contribution < 1.29 is 18.3 Å². The van der Waals surface area contributed by atoms with Gasteiger partial charge in [-0.2, -0.15) is 0 Å². The monoisotopic (exact) mass is 321 g/mol. The van der Waals surface area contributed by atoms with E-state index in [1.165, 1.54) is 19.2 Å². The molecule has 1 unspecified atom stereocenters. The summed E-state index contributed by atoms with van der Waals surface area (Å²) in [6.07, 6.45) is 1.60. The minimum Gasteiger partial charge on any atom is -0.495 e. The number of aliphatic hydroxyl groups excluding tert-OH is 1. The SMILES string of the molecule is CCCC(C)NS(=O)(=O)c1cc(Cl)cc(CO)c1OC. The summed E-state index contributed by atoms with van der Waals surface area (Å²) in [6, 6.07) is 2.61. The lowest BCUT2D eigenvalue weighted by Crippen LogP contribution is -2.32. The number of hydrogen-bond acceptors (Lipinski definition) is 4. The minimum absolute atomic E-state index is 0.0560. The molecular weight excluding hydrogens is 302 g/mol. The third-order valence-electron chi connectivity index (χ3n) is 2.84. The van der Waals surface area contributed by atoms with Gasteiger partial charge in [0, 0.05) is 16.6 Å². The zero-order valence-electron chi connectivity index (χ0n) is 11.8. The topological polar surface area (TPSA) is 75.6 Å². The van der Waals surface area contributed by atoms with Crippen LogP contribution < -0.4 is 9.46 Å². The molecule has 1 aromatic rings. The maximum absolute atomic E-state index is 12.4. The van der Waals surface area contributed by atoms with E-state index < -0.39 is 10.0 Å². The summed E-state index contributed by atoms with van der Waals surface area (Å²) in [5.74, 6) is 0.119. The Morgan fingerprint density at radius 2 is 2.10 bits per heavy atom. The van der Waals surface area contributed by atoms with Gasteiger partial charge in [-0.15, -0.1) is 0 Å². The lowest BCUT2D eigenvalue weighted by atomic mass is 10.2. The Hall–Kier alpha value is -0.820. The van der Waals surface area contributed by atoms with E-state index in [1.807, 2.05) is 6.92 Å². The Labute approximate surface area is 125 Å². The lowest BCUT2D eigenvalue weighted by Gasteiger charge is -2.17. The molecule has 7 heteroatoms. The van der Waals surface area contributed by atoms with Gasteiger partial charge in [-0.05, 0) is 25.5 Å². The largest absolute Gasteiger partial charge is 0.495 e. The zero-order valence-corrected chi connectivity index (χ0v) is 13.4. The van der Waals surface area contributed by atoms with E-state index in [0.717, 1.165) is 12.8 Å². The van der Waals surface area contributed by atoms with Crippen LogP contribution in [0, 0.1) is 0 Å². The highest BCUT2D eigenvalue weighted by atomic mass is 35.5. The molecule has 0 aliphatic carbocycles. The highest BCUT2D eigenvalue weighted by Gasteiger charge is 2.24. The Morgan fingerprint density at radius 3 is 2.60 bits per heavy atom. The average Bonchev–Trinajstić information content (AvgIpc) is 2.37. The third kappa shape index (κ3) is 4.09. The van der Waals surface area contributed by atoms with Gasteiger partial charge >= 0.3 is 0 Å². The molecule has 0 saturated heterocycles. The van der Waals surface area contributed by atoms with Crippen LogP contribution in [0.3, 0.4) is 0 Å². The highest BCUT2D eigenvalue weighted by Crippen LogP contribution is 2.32. The molecule has 0 heterocycles. The van der Waals surface area contributed by atoms with Crippen molar-refractivity contribution in [3.8, 4) is 5.75 Å². The van der Waals surface area contributed by atoms with Crippen molar-refractivity contribution in [1.82, 2.24) is 4.72 Å². The average molecular weight is 322 g/mol. The summed E-state index contributed by atoms with van der Waals surface area (Å²) in [4.78, 5) is -0.0560. The first-order valence-electron chi connectivity index (χ1n) is 6.35. The summed E-state index contributed by atoms with van der Waals surface area (Å²) in [5.41, 5.74) is 0.337. The van der Waals surface area contributed by atoms with Crippen LogP contribution >= 0.6 is 11.6 Å². The van der Waals surface area contributed by atoms with Gasteiger partial charge in [-0.3, -0.25) is 0 Å². The van der Waals surface area contributed by atoms with Crippen LogP contribution in [0.1, 0.15) is 32.3 Å². The first-order chi connectivity index (χ1) is 9.35. The van der Waals surface area contributed by atoms with Crippen LogP contribution in [0.4, 0.5) is 0 Å². The standard InChI is InChI=1S/C13H20ClNO4S/c1-4-5-9(2)15-20(17,18)12-7-11(14)6-10(8-16)13(12)19-3/h6-7,9,15-16H,4-5,8H2,1-3H3. The quantitative estimate of drug-likeness (QED) is 0.808. The summed E-state index contributed by atoms with van der Waals surface area (Å²) in [6.45, 7) is 3.43. The van der Waals surface area contributed by atoms with Crippen LogP contribution in [0.2, 0.25) is 5.02 Å². The predicted octanol–water partition coefficient (Wildman–Crippen LogP) is 2.31. The summed E-state index contributed by atoms with van der Waals surface area (Å²) >= 11 is 5.90. The highest BCUT2D eigenvalue weighted by molar-refractivity contribution is 7.89. The van der Waals surface area contributed by atoms with E-state index in [-0.39, 0.29) is 28.3 Å². The van der Waals surface area contributed by atoms with Gasteiger partial charge in [0.2, 0.25) is 10.0 Å².